The van der Waals surface area contributed by atoms with Gasteiger partial charge in [-0.3, -0.25) is 0 Å². The van der Waals surface area contributed by atoms with Crippen molar-refractivity contribution in [2.75, 3.05) is 12.3 Å². The van der Waals surface area contributed by atoms with Gasteiger partial charge >= 0.3 is 0 Å². The number of anilines is 1. The minimum absolute atomic E-state index is 0.0668. The van der Waals surface area contributed by atoms with E-state index in [2.05, 4.69) is 0 Å². The zero-order valence-electron chi connectivity index (χ0n) is 10.2. The van der Waals surface area contributed by atoms with Crippen LogP contribution in [0.5, 0.6) is 0 Å². The van der Waals surface area contributed by atoms with Crippen molar-refractivity contribution in [1.82, 2.24) is 4.31 Å². The number of rotatable bonds is 5. The van der Waals surface area contributed by atoms with E-state index in [9.17, 15) is 12.8 Å². The van der Waals surface area contributed by atoms with Crippen LogP contribution in [0.1, 0.15) is 19.3 Å². The molecule has 1 aromatic carbocycles. The van der Waals surface area contributed by atoms with E-state index in [1.807, 2.05) is 6.07 Å². The fourth-order valence-electron chi connectivity index (χ4n) is 1.90. The summed E-state index contributed by atoms with van der Waals surface area (Å²) >= 11 is 0. The molecule has 0 amide bonds. The number of nitrogen functional groups attached to an aromatic ring is 1. The summed E-state index contributed by atoms with van der Waals surface area (Å²) in [6, 6.07) is 5.09. The Labute approximate surface area is 111 Å². The molecule has 0 saturated heterocycles. The summed E-state index contributed by atoms with van der Waals surface area (Å²) in [7, 11) is -3.77. The second kappa shape index (κ2) is 5.15. The van der Waals surface area contributed by atoms with E-state index in [0.717, 1.165) is 25.0 Å². The van der Waals surface area contributed by atoms with Crippen LogP contribution in [0.25, 0.3) is 0 Å². The zero-order valence-corrected chi connectivity index (χ0v) is 11.0. The Morgan fingerprint density at radius 2 is 2.16 bits per heavy atom. The van der Waals surface area contributed by atoms with Crippen molar-refractivity contribution in [2.45, 2.75) is 30.2 Å². The summed E-state index contributed by atoms with van der Waals surface area (Å²) in [5.41, 5.74) is 5.47. The topological polar surface area (TPSA) is 87.2 Å². The highest BCUT2D eigenvalue weighted by Crippen LogP contribution is 2.33. The minimum atomic E-state index is -3.77. The molecule has 0 atom stereocenters. The molecule has 1 aliphatic carbocycles. The summed E-state index contributed by atoms with van der Waals surface area (Å²) in [5.74, 6) is -0.577. The van der Waals surface area contributed by atoms with Crippen LogP contribution in [0.15, 0.2) is 23.1 Å². The van der Waals surface area contributed by atoms with Gasteiger partial charge in [0.05, 0.1) is 11.8 Å². The predicted octanol–water partition coefficient (Wildman–Crippen LogP) is 1.47. The molecular weight excluding hydrogens is 269 g/mol. The molecule has 0 aromatic heterocycles. The van der Waals surface area contributed by atoms with Gasteiger partial charge in [-0.25, -0.2) is 12.8 Å². The lowest BCUT2D eigenvalue weighted by Gasteiger charge is -2.21. The fourth-order valence-corrected chi connectivity index (χ4v) is 3.69. The second-order valence-corrected chi connectivity index (χ2v) is 6.30. The van der Waals surface area contributed by atoms with Crippen molar-refractivity contribution in [2.24, 2.45) is 0 Å². The van der Waals surface area contributed by atoms with Crippen LogP contribution in [-0.2, 0) is 10.0 Å². The van der Waals surface area contributed by atoms with Crippen molar-refractivity contribution in [3.05, 3.63) is 24.0 Å². The van der Waals surface area contributed by atoms with Gasteiger partial charge < -0.3 is 5.73 Å². The molecule has 1 aromatic rings. The van der Waals surface area contributed by atoms with E-state index in [-0.39, 0.29) is 29.6 Å². The van der Waals surface area contributed by atoms with E-state index in [1.165, 1.54) is 10.4 Å². The van der Waals surface area contributed by atoms with Crippen LogP contribution in [0.2, 0.25) is 0 Å². The zero-order chi connectivity index (χ0) is 14.0. The molecule has 102 valence electrons. The first-order chi connectivity index (χ1) is 8.96. The van der Waals surface area contributed by atoms with E-state index in [1.54, 1.807) is 0 Å². The molecule has 0 unspecified atom stereocenters. The molecule has 1 aliphatic rings. The van der Waals surface area contributed by atoms with Gasteiger partial charge in [-0.1, -0.05) is 0 Å². The lowest BCUT2D eigenvalue weighted by atomic mass is 10.3. The summed E-state index contributed by atoms with van der Waals surface area (Å²) in [5, 5.41) is 8.60. The summed E-state index contributed by atoms with van der Waals surface area (Å²) in [6.45, 7) is 0.139. The number of benzene rings is 1. The Morgan fingerprint density at radius 1 is 1.47 bits per heavy atom. The lowest BCUT2D eigenvalue weighted by molar-refractivity contribution is 0.411. The highest BCUT2D eigenvalue weighted by atomic mass is 32.2. The van der Waals surface area contributed by atoms with Gasteiger partial charge in [-0.2, -0.15) is 9.57 Å². The molecule has 2 N–H and O–H groups in total. The lowest BCUT2D eigenvalue weighted by Crippen LogP contribution is -2.34. The van der Waals surface area contributed by atoms with Crippen LogP contribution in [-0.4, -0.2) is 25.3 Å². The van der Waals surface area contributed by atoms with Gasteiger partial charge in [-0.05, 0) is 31.0 Å². The number of nitriles is 1. The molecule has 5 nitrogen and oxygen atoms in total. The molecule has 0 aliphatic heterocycles. The molecular formula is C12H14FN3O2S. The molecule has 1 saturated carbocycles. The van der Waals surface area contributed by atoms with Crippen LogP contribution < -0.4 is 5.73 Å². The van der Waals surface area contributed by atoms with E-state index < -0.39 is 15.8 Å². The van der Waals surface area contributed by atoms with Crippen molar-refractivity contribution >= 4 is 15.7 Å². The van der Waals surface area contributed by atoms with Crippen molar-refractivity contribution in [3.8, 4) is 6.07 Å². The van der Waals surface area contributed by atoms with Crippen LogP contribution >= 0.6 is 0 Å². The maximum absolute atomic E-state index is 13.0. The molecule has 0 bridgehead atoms. The highest BCUT2D eigenvalue weighted by Gasteiger charge is 2.38. The number of hydrogen-bond acceptors (Lipinski definition) is 4. The Bertz CT molecular complexity index is 620. The van der Waals surface area contributed by atoms with Gasteiger partial charge in [0.25, 0.3) is 0 Å². The summed E-state index contributed by atoms with van der Waals surface area (Å²) in [4.78, 5) is -0.0984. The quantitative estimate of drug-likeness (QED) is 0.829. The smallest absolute Gasteiger partial charge is 0.245 e. The largest absolute Gasteiger partial charge is 0.398 e. The Balaban J connectivity index is 2.36. The van der Waals surface area contributed by atoms with Gasteiger partial charge in [0, 0.05) is 19.0 Å². The Hall–Kier alpha value is -1.65. The second-order valence-electron chi connectivity index (χ2n) is 4.44. The van der Waals surface area contributed by atoms with Crippen LogP contribution in [0, 0.1) is 17.1 Å². The standard InChI is InChI=1S/C12H14FN3O2S/c13-9-2-5-12(11(15)8-9)19(17,18)16(7-1-6-14)10-3-4-10/h2,5,8,10H,1,3-4,7,15H2. The molecule has 1 fully saturated rings. The van der Waals surface area contributed by atoms with Gasteiger partial charge in [0.15, 0.2) is 0 Å². The normalized spacial score (nSPS) is 15.4. The van der Waals surface area contributed by atoms with E-state index in [4.69, 9.17) is 11.0 Å². The van der Waals surface area contributed by atoms with Crippen molar-refractivity contribution < 1.29 is 12.8 Å². The average Bonchev–Trinajstić information content (AvgIpc) is 3.13. The van der Waals surface area contributed by atoms with Crippen LogP contribution in [0.3, 0.4) is 0 Å². The van der Waals surface area contributed by atoms with Gasteiger partial charge in [-0.15, -0.1) is 0 Å². The molecule has 0 heterocycles. The molecule has 7 heteroatoms. The SMILES string of the molecule is N#CCCN(C1CC1)S(=O)(=O)c1ccc(F)cc1N. The van der Waals surface area contributed by atoms with Crippen molar-refractivity contribution in [1.29, 1.82) is 5.26 Å². The Kier molecular flexibility index (Phi) is 3.73. The average molecular weight is 283 g/mol. The third-order valence-electron chi connectivity index (χ3n) is 2.96. The molecule has 19 heavy (non-hydrogen) atoms. The number of hydrogen-bond donors (Lipinski definition) is 1. The van der Waals surface area contributed by atoms with Gasteiger partial charge in [0.2, 0.25) is 10.0 Å². The number of halogens is 1. The maximum Gasteiger partial charge on any atom is 0.245 e. The number of nitrogens with zero attached hydrogens (tertiary/aromatic N) is 2. The third-order valence-corrected chi connectivity index (χ3v) is 4.98. The predicted molar refractivity (Wildman–Crippen MR) is 68.0 cm³/mol. The number of sulfonamides is 1. The first kappa shape index (κ1) is 13.8. The molecule has 0 spiro atoms. The van der Waals surface area contributed by atoms with E-state index in [0.29, 0.717) is 0 Å². The minimum Gasteiger partial charge on any atom is -0.398 e. The third kappa shape index (κ3) is 2.85. The fraction of sp³-hybridized carbons (Fsp3) is 0.417. The highest BCUT2D eigenvalue weighted by molar-refractivity contribution is 7.89. The summed E-state index contributed by atoms with van der Waals surface area (Å²) < 4.78 is 39.2. The summed E-state index contributed by atoms with van der Waals surface area (Å²) in [6.07, 6.45) is 1.69. The van der Waals surface area contributed by atoms with Gasteiger partial charge in [0.1, 0.15) is 10.7 Å². The van der Waals surface area contributed by atoms with Crippen molar-refractivity contribution in [3.63, 3.8) is 0 Å². The first-order valence-corrected chi connectivity index (χ1v) is 7.34. The Morgan fingerprint density at radius 3 is 2.68 bits per heavy atom. The number of nitrogens with two attached hydrogens (primary N) is 1. The first-order valence-electron chi connectivity index (χ1n) is 5.90. The maximum atomic E-state index is 13.0. The molecule has 0 radical (unpaired) electrons. The van der Waals surface area contributed by atoms with Crippen LogP contribution in [0.4, 0.5) is 10.1 Å². The molecule has 2 rings (SSSR count). The van der Waals surface area contributed by atoms with E-state index >= 15 is 0 Å². The monoisotopic (exact) mass is 283 g/mol.